The molecule has 1 N–H and O–H groups in total. The second kappa shape index (κ2) is 8.39. The van der Waals surface area contributed by atoms with Crippen molar-refractivity contribution in [1.29, 1.82) is 0 Å². The zero-order valence-electron chi connectivity index (χ0n) is 15.4. The van der Waals surface area contributed by atoms with Crippen molar-refractivity contribution in [3.63, 3.8) is 0 Å². The summed E-state index contributed by atoms with van der Waals surface area (Å²) in [7, 11) is -1.15. The lowest BCUT2D eigenvalue weighted by molar-refractivity contribution is -0.131. The molecule has 0 aromatic heterocycles. The van der Waals surface area contributed by atoms with Gasteiger partial charge in [0.25, 0.3) is 0 Å². The van der Waals surface area contributed by atoms with Crippen LogP contribution in [0.1, 0.15) is 18.9 Å². The number of hydrogen-bond donors (Lipinski definition) is 1. The lowest BCUT2D eigenvalue weighted by Crippen LogP contribution is -2.25. The number of carbonyl (C=O) groups is 1. The predicted molar refractivity (Wildman–Crippen MR) is 107 cm³/mol. The zero-order chi connectivity index (χ0) is 19.4. The molecule has 142 valence electrons. The van der Waals surface area contributed by atoms with Gasteiger partial charge in [-0.25, -0.2) is 4.79 Å². The average molecular weight is 385 g/mol. The van der Waals surface area contributed by atoms with Gasteiger partial charge in [-0.1, -0.05) is 31.5 Å². The van der Waals surface area contributed by atoms with Gasteiger partial charge in [-0.15, -0.1) is 0 Å². The summed E-state index contributed by atoms with van der Waals surface area (Å²) in [6.45, 7) is 4.83. The first-order chi connectivity index (χ1) is 13.0. The number of benzene rings is 2. The molecule has 0 amide bonds. The Kier molecular flexibility index (Phi) is 5.96. The molecule has 2 atom stereocenters. The largest absolute Gasteiger partial charge is 0.478 e. The zero-order valence-corrected chi connectivity index (χ0v) is 16.2. The van der Waals surface area contributed by atoms with E-state index in [2.05, 4.69) is 24.0 Å². The minimum atomic E-state index is -1.15. The minimum Gasteiger partial charge on any atom is -0.478 e. The summed E-state index contributed by atoms with van der Waals surface area (Å²) >= 11 is 0. The maximum atomic E-state index is 13.0. The molecule has 0 bridgehead atoms. The van der Waals surface area contributed by atoms with Crippen molar-refractivity contribution in [2.45, 2.75) is 25.2 Å². The third-order valence-corrected chi connectivity index (χ3v) is 6.26. The van der Waals surface area contributed by atoms with E-state index in [1.807, 2.05) is 31.2 Å². The normalized spacial score (nSPS) is 19.6. The van der Waals surface area contributed by atoms with Gasteiger partial charge in [-0.3, -0.25) is 4.21 Å². The van der Waals surface area contributed by atoms with Crippen LogP contribution in [-0.4, -0.2) is 27.6 Å². The molecular formula is C21H23NO4S. The molecule has 1 heterocycles. The van der Waals surface area contributed by atoms with E-state index in [9.17, 15) is 9.00 Å². The second-order valence-electron chi connectivity index (χ2n) is 6.58. The van der Waals surface area contributed by atoms with Crippen LogP contribution in [-0.2, 0) is 15.6 Å². The molecule has 0 fully saturated rings. The predicted octanol–water partition coefficient (Wildman–Crippen LogP) is 4.26. The summed E-state index contributed by atoms with van der Waals surface area (Å²) in [5.41, 5.74) is 2.84. The van der Waals surface area contributed by atoms with E-state index >= 15 is 0 Å². The van der Waals surface area contributed by atoms with Crippen LogP contribution in [0.2, 0.25) is 0 Å². The van der Waals surface area contributed by atoms with E-state index < -0.39 is 16.8 Å². The lowest BCUT2D eigenvalue weighted by Gasteiger charge is -2.27. The molecule has 0 spiro atoms. The number of nitrogens with zero attached hydrogens (tertiary/aromatic N) is 1. The molecule has 3 rings (SSSR count). The van der Waals surface area contributed by atoms with E-state index in [0.29, 0.717) is 17.4 Å². The van der Waals surface area contributed by atoms with Crippen LogP contribution in [0.3, 0.4) is 0 Å². The molecule has 6 heteroatoms. The molecule has 2 aromatic rings. The Balaban J connectivity index is 2.07. The van der Waals surface area contributed by atoms with Crippen LogP contribution in [0.25, 0.3) is 0 Å². The molecule has 1 aliphatic rings. The van der Waals surface area contributed by atoms with Gasteiger partial charge in [0.1, 0.15) is 5.75 Å². The van der Waals surface area contributed by atoms with Gasteiger partial charge in [0, 0.05) is 18.0 Å². The van der Waals surface area contributed by atoms with Crippen LogP contribution in [0.5, 0.6) is 5.75 Å². The first kappa shape index (κ1) is 19.2. The van der Waals surface area contributed by atoms with Crippen molar-refractivity contribution in [1.82, 2.24) is 0 Å². The van der Waals surface area contributed by atoms with Crippen LogP contribution in [0, 0.1) is 12.8 Å². The van der Waals surface area contributed by atoms with Crippen molar-refractivity contribution in [2.24, 2.45) is 5.92 Å². The highest BCUT2D eigenvalue weighted by Gasteiger charge is 2.27. The molecule has 0 aliphatic carbocycles. The second-order valence-corrected chi connectivity index (χ2v) is 8.04. The summed E-state index contributed by atoms with van der Waals surface area (Å²) in [6, 6.07) is 13.8. The van der Waals surface area contributed by atoms with E-state index in [1.54, 1.807) is 6.07 Å². The fourth-order valence-electron chi connectivity index (χ4n) is 3.15. The number of fused-ring (bicyclic) bond motifs is 1. The van der Waals surface area contributed by atoms with Crippen LogP contribution in [0.4, 0.5) is 11.4 Å². The molecular weight excluding hydrogens is 362 g/mol. The summed E-state index contributed by atoms with van der Waals surface area (Å²) in [4.78, 5) is 13.6. The van der Waals surface area contributed by atoms with Gasteiger partial charge < -0.3 is 14.7 Å². The molecule has 1 aliphatic heterocycles. The maximum absolute atomic E-state index is 13.0. The van der Waals surface area contributed by atoms with Crippen molar-refractivity contribution in [2.75, 3.05) is 17.2 Å². The van der Waals surface area contributed by atoms with Crippen molar-refractivity contribution in [3.05, 3.63) is 60.4 Å². The Hall–Kier alpha value is -2.60. The van der Waals surface area contributed by atoms with E-state index in [4.69, 9.17) is 9.84 Å². The fourth-order valence-corrected chi connectivity index (χ4v) is 4.74. The number of aliphatic carboxylic acids is 1. The standard InChI is InChI=1S/C21H23NO4S/c1-3-16-13-22(17-7-5-4-6-8-17)18-11-15(2)19(26-10-9-21(23)24)12-20(18)27(25)14-16/h4-12,16H,3,13-14H2,1-2H3,(H,23,24)/b10-9+/t16-,27?/m0/s1. The Bertz CT molecular complexity index is 879. The highest BCUT2D eigenvalue weighted by molar-refractivity contribution is 7.85. The SMILES string of the molecule is CC[C@H]1CN(c2ccccc2)c2cc(C)c(O/C=C/C(=O)O)cc2S(=O)C1. The van der Waals surface area contributed by atoms with Crippen LogP contribution >= 0.6 is 0 Å². The van der Waals surface area contributed by atoms with Gasteiger partial charge in [0.2, 0.25) is 0 Å². The highest BCUT2D eigenvalue weighted by Crippen LogP contribution is 2.39. The number of carboxylic acid groups (broad SMARTS) is 1. The summed E-state index contributed by atoms with van der Waals surface area (Å²) < 4.78 is 18.5. The summed E-state index contributed by atoms with van der Waals surface area (Å²) in [5.74, 6) is 0.352. The van der Waals surface area contributed by atoms with Gasteiger partial charge >= 0.3 is 5.97 Å². The molecule has 1 unspecified atom stereocenters. The Morgan fingerprint density at radius 1 is 1.33 bits per heavy atom. The average Bonchev–Trinajstić information content (AvgIpc) is 2.79. The first-order valence-corrected chi connectivity index (χ1v) is 10.2. The van der Waals surface area contributed by atoms with Crippen molar-refractivity contribution in [3.8, 4) is 5.75 Å². The third-order valence-electron chi connectivity index (χ3n) is 4.67. The molecule has 0 saturated carbocycles. The van der Waals surface area contributed by atoms with E-state index in [0.717, 1.165) is 47.1 Å². The highest BCUT2D eigenvalue weighted by atomic mass is 32.2. The van der Waals surface area contributed by atoms with Crippen molar-refractivity contribution >= 4 is 28.1 Å². The number of aryl methyl sites for hydroxylation is 1. The number of rotatable bonds is 5. The molecule has 2 aromatic carbocycles. The topological polar surface area (TPSA) is 66.8 Å². The molecule has 0 radical (unpaired) electrons. The Morgan fingerprint density at radius 3 is 2.74 bits per heavy atom. The van der Waals surface area contributed by atoms with Gasteiger partial charge in [0.05, 0.1) is 33.7 Å². The lowest BCUT2D eigenvalue weighted by atomic mass is 10.1. The number of hydrogen-bond acceptors (Lipinski definition) is 4. The molecule has 5 nitrogen and oxygen atoms in total. The number of ether oxygens (including phenoxy) is 1. The fraction of sp³-hybridized carbons (Fsp3) is 0.286. The number of para-hydroxylation sites is 1. The minimum absolute atomic E-state index is 0.315. The van der Waals surface area contributed by atoms with E-state index in [1.165, 1.54) is 0 Å². The Morgan fingerprint density at radius 2 is 2.07 bits per heavy atom. The quantitative estimate of drug-likeness (QED) is 0.615. The number of carboxylic acids is 1. The van der Waals surface area contributed by atoms with Gasteiger partial charge in [0.15, 0.2) is 0 Å². The third kappa shape index (κ3) is 4.39. The van der Waals surface area contributed by atoms with Crippen LogP contribution < -0.4 is 9.64 Å². The maximum Gasteiger partial charge on any atom is 0.331 e. The molecule has 27 heavy (non-hydrogen) atoms. The van der Waals surface area contributed by atoms with Gasteiger partial charge in [-0.2, -0.15) is 0 Å². The van der Waals surface area contributed by atoms with Crippen molar-refractivity contribution < 1.29 is 18.8 Å². The monoisotopic (exact) mass is 385 g/mol. The summed E-state index contributed by atoms with van der Waals surface area (Å²) in [6.07, 6.45) is 3.03. The smallest absolute Gasteiger partial charge is 0.331 e. The Labute approximate surface area is 161 Å². The van der Waals surface area contributed by atoms with Crippen LogP contribution in [0.15, 0.2) is 59.7 Å². The first-order valence-electron chi connectivity index (χ1n) is 8.91. The summed E-state index contributed by atoms with van der Waals surface area (Å²) in [5, 5.41) is 8.73. The van der Waals surface area contributed by atoms with Gasteiger partial charge in [-0.05, 0) is 42.7 Å². The number of anilines is 2. The van der Waals surface area contributed by atoms with E-state index in [-0.39, 0.29) is 0 Å². The molecule has 0 saturated heterocycles.